The highest BCUT2D eigenvalue weighted by molar-refractivity contribution is 9.10. The van der Waals surface area contributed by atoms with Crippen molar-refractivity contribution in [3.05, 3.63) is 58.6 Å². The van der Waals surface area contributed by atoms with Gasteiger partial charge in [0.15, 0.2) is 0 Å². The van der Waals surface area contributed by atoms with E-state index < -0.39 is 5.97 Å². The Morgan fingerprint density at radius 2 is 1.79 bits per heavy atom. The highest BCUT2D eigenvalue weighted by atomic mass is 79.9. The van der Waals surface area contributed by atoms with Gasteiger partial charge in [-0.2, -0.15) is 0 Å². The molecule has 0 aliphatic rings. The molecule has 2 aromatic carbocycles. The third kappa shape index (κ3) is 13.4. The summed E-state index contributed by atoms with van der Waals surface area (Å²) in [5, 5.41) is 11.7. The number of hydrogen-bond donors (Lipinski definition) is 4. The number of carboxylic acid groups (broad SMARTS) is 1. The van der Waals surface area contributed by atoms with Gasteiger partial charge in [-0.1, -0.05) is 33.6 Å². The van der Waals surface area contributed by atoms with Crippen molar-refractivity contribution in [2.75, 3.05) is 19.8 Å². The predicted octanol–water partition coefficient (Wildman–Crippen LogP) is 3.10. The highest BCUT2D eigenvalue weighted by Gasteiger charge is 1.97. The number of ether oxygens (including phenoxy) is 1. The molecule has 0 heterocycles. The molecule has 0 aliphatic heterocycles. The third-order valence-electron chi connectivity index (χ3n) is 3.07. The van der Waals surface area contributed by atoms with Gasteiger partial charge in [-0.15, -0.1) is 0 Å². The molecule has 0 atom stereocenters. The van der Waals surface area contributed by atoms with Crippen LogP contribution in [0.15, 0.2) is 63.1 Å². The van der Waals surface area contributed by atoms with Gasteiger partial charge in [0.05, 0.1) is 6.61 Å². The fraction of sp³-hybridized carbons (Fsp3) is 0.263. The second kappa shape index (κ2) is 14.6. The summed E-state index contributed by atoms with van der Waals surface area (Å²) in [6, 6.07) is 15.5. The Morgan fingerprint density at radius 3 is 2.38 bits per heavy atom. The molecular formula is C19H25BrN4O4S. The molecule has 158 valence electrons. The monoisotopic (exact) mass is 484 g/mol. The normalized spacial score (nSPS) is 9.72. The molecule has 6 N–H and O–H groups in total. The molecule has 0 amide bonds. The zero-order valence-electron chi connectivity index (χ0n) is 16.0. The fourth-order valence-electron chi connectivity index (χ4n) is 1.75. The van der Waals surface area contributed by atoms with E-state index in [1.807, 2.05) is 55.5 Å². The largest absolute Gasteiger partial charge is 0.493 e. The minimum atomic E-state index is -0.857. The van der Waals surface area contributed by atoms with Gasteiger partial charge in [0.25, 0.3) is 0 Å². The van der Waals surface area contributed by atoms with Crippen LogP contribution >= 0.6 is 27.9 Å². The number of oxime groups is 1. The van der Waals surface area contributed by atoms with Crippen LogP contribution in [0.5, 0.6) is 5.75 Å². The molecular weight excluding hydrogens is 460 g/mol. The van der Waals surface area contributed by atoms with Crippen molar-refractivity contribution in [2.45, 2.75) is 18.2 Å². The Balaban J connectivity index is 0.000000296. The standard InChI is InChI=1S/C11H17N3O2.C8H8BrNO2S/c1-9-3-5-10(6-4-9)15-7-2-8-16-14-11(12)13;9-6-1-3-7(4-2-6)13-10-5-8(11)12/h3-6H,2,7-8H2,1H3,(H4,12,13,14);1-4,10H,5H2,(H,11,12). The van der Waals surface area contributed by atoms with Crippen molar-refractivity contribution in [1.29, 1.82) is 0 Å². The first-order valence-corrected chi connectivity index (χ1v) is 10.2. The summed E-state index contributed by atoms with van der Waals surface area (Å²) in [4.78, 5) is 16.0. The fourth-order valence-corrected chi connectivity index (χ4v) is 2.65. The molecule has 0 bridgehead atoms. The third-order valence-corrected chi connectivity index (χ3v) is 4.39. The minimum Gasteiger partial charge on any atom is -0.493 e. The SMILES string of the molecule is Cc1ccc(OCCCON=C(N)N)cc1.O=C(O)CNSc1ccc(Br)cc1. The van der Waals surface area contributed by atoms with Crippen LogP contribution in [-0.2, 0) is 9.63 Å². The molecule has 0 saturated carbocycles. The van der Waals surface area contributed by atoms with E-state index in [2.05, 4.69) is 25.8 Å². The van der Waals surface area contributed by atoms with E-state index in [1.54, 1.807) is 0 Å². The lowest BCUT2D eigenvalue weighted by Gasteiger charge is -2.05. The van der Waals surface area contributed by atoms with Crippen LogP contribution in [0.2, 0.25) is 0 Å². The number of halogens is 1. The summed E-state index contributed by atoms with van der Waals surface area (Å²) < 4.78 is 9.21. The molecule has 0 unspecified atom stereocenters. The van der Waals surface area contributed by atoms with Crippen LogP contribution in [0, 0.1) is 6.92 Å². The maximum Gasteiger partial charge on any atom is 0.318 e. The van der Waals surface area contributed by atoms with Crippen LogP contribution in [0.3, 0.4) is 0 Å². The number of nitrogens with one attached hydrogen (secondary N) is 1. The number of guanidine groups is 1. The number of benzene rings is 2. The summed E-state index contributed by atoms with van der Waals surface area (Å²) in [5.41, 5.74) is 11.4. The Bertz CT molecular complexity index is 754. The summed E-state index contributed by atoms with van der Waals surface area (Å²) in [7, 11) is 0. The first kappa shape index (κ1) is 24.6. The van der Waals surface area contributed by atoms with Gasteiger partial charge in [0, 0.05) is 15.8 Å². The average Bonchev–Trinajstić information content (AvgIpc) is 2.67. The molecule has 0 aromatic heterocycles. The first-order valence-electron chi connectivity index (χ1n) is 8.64. The molecule has 0 radical (unpaired) electrons. The van der Waals surface area contributed by atoms with E-state index in [4.69, 9.17) is 26.1 Å². The highest BCUT2D eigenvalue weighted by Crippen LogP contribution is 2.17. The van der Waals surface area contributed by atoms with Gasteiger partial charge in [0.2, 0.25) is 5.96 Å². The van der Waals surface area contributed by atoms with E-state index in [9.17, 15) is 4.79 Å². The van der Waals surface area contributed by atoms with Crippen LogP contribution in [0.25, 0.3) is 0 Å². The van der Waals surface area contributed by atoms with Gasteiger partial charge in [0.1, 0.15) is 18.9 Å². The van der Waals surface area contributed by atoms with Crippen molar-refractivity contribution in [1.82, 2.24) is 4.72 Å². The van der Waals surface area contributed by atoms with Crippen molar-refractivity contribution >= 4 is 39.8 Å². The molecule has 0 spiro atoms. The molecule has 29 heavy (non-hydrogen) atoms. The smallest absolute Gasteiger partial charge is 0.318 e. The van der Waals surface area contributed by atoms with Crippen LogP contribution in [-0.4, -0.2) is 36.8 Å². The zero-order valence-corrected chi connectivity index (χ0v) is 18.4. The Labute approximate surface area is 182 Å². The van der Waals surface area contributed by atoms with Crippen molar-refractivity contribution < 1.29 is 19.5 Å². The maximum atomic E-state index is 10.2. The summed E-state index contributed by atoms with van der Waals surface area (Å²) in [6.07, 6.45) is 0.727. The van der Waals surface area contributed by atoms with Gasteiger partial charge >= 0.3 is 5.97 Å². The number of nitrogens with zero attached hydrogens (tertiary/aromatic N) is 1. The van der Waals surface area contributed by atoms with Crippen LogP contribution < -0.4 is 20.9 Å². The van der Waals surface area contributed by atoms with E-state index in [0.29, 0.717) is 13.2 Å². The van der Waals surface area contributed by atoms with Gasteiger partial charge < -0.3 is 26.1 Å². The van der Waals surface area contributed by atoms with E-state index in [0.717, 1.165) is 21.5 Å². The molecule has 0 aliphatic carbocycles. The second-order valence-corrected chi connectivity index (χ2v) is 7.52. The number of rotatable bonds is 10. The van der Waals surface area contributed by atoms with Crippen molar-refractivity contribution in [2.24, 2.45) is 16.6 Å². The summed E-state index contributed by atoms with van der Waals surface area (Å²) >= 11 is 4.62. The van der Waals surface area contributed by atoms with Crippen LogP contribution in [0.4, 0.5) is 0 Å². The van der Waals surface area contributed by atoms with E-state index >= 15 is 0 Å². The van der Waals surface area contributed by atoms with Gasteiger partial charge in [-0.3, -0.25) is 4.79 Å². The molecule has 0 fully saturated rings. The van der Waals surface area contributed by atoms with Crippen LogP contribution in [0.1, 0.15) is 12.0 Å². The molecule has 2 aromatic rings. The Morgan fingerprint density at radius 1 is 1.14 bits per heavy atom. The number of carboxylic acids is 1. The number of aryl methyl sites for hydroxylation is 1. The van der Waals surface area contributed by atoms with Crippen molar-refractivity contribution in [3.8, 4) is 5.75 Å². The zero-order chi connectivity index (χ0) is 21.5. The topological polar surface area (TPSA) is 132 Å². The lowest BCUT2D eigenvalue weighted by atomic mass is 10.2. The lowest BCUT2D eigenvalue weighted by Crippen LogP contribution is -2.23. The summed E-state index contributed by atoms with van der Waals surface area (Å²) in [6.45, 7) is 3.00. The number of carbonyl (C=O) groups is 1. The molecule has 10 heteroatoms. The minimum absolute atomic E-state index is 0.0409. The van der Waals surface area contributed by atoms with Gasteiger partial charge in [-0.05, 0) is 60.4 Å². The number of hydrogen-bond acceptors (Lipinski definition) is 6. The van der Waals surface area contributed by atoms with Crippen molar-refractivity contribution in [3.63, 3.8) is 0 Å². The molecule has 2 rings (SSSR count). The lowest BCUT2D eigenvalue weighted by molar-refractivity contribution is -0.135. The first-order chi connectivity index (χ1) is 13.9. The predicted molar refractivity (Wildman–Crippen MR) is 119 cm³/mol. The number of aliphatic carboxylic acids is 1. The Hall–Kier alpha value is -2.43. The van der Waals surface area contributed by atoms with Gasteiger partial charge in [-0.25, -0.2) is 4.72 Å². The van der Waals surface area contributed by atoms with E-state index in [1.165, 1.54) is 17.5 Å². The summed E-state index contributed by atoms with van der Waals surface area (Å²) in [5.74, 6) is -0.0727. The average molecular weight is 485 g/mol. The second-order valence-electron chi connectivity index (χ2n) is 5.64. The Kier molecular flexibility index (Phi) is 12.3. The number of nitrogens with two attached hydrogens (primary N) is 2. The van der Waals surface area contributed by atoms with E-state index in [-0.39, 0.29) is 12.5 Å². The quantitative estimate of drug-likeness (QED) is 0.133. The molecule has 0 saturated heterocycles. The molecule has 8 nitrogen and oxygen atoms in total. The maximum absolute atomic E-state index is 10.2.